The third-order valence-corrected chi connectivity index (χ3v) is 4.35. The molecule has 1 aromatic heterocycles. The van der Waals surface area contributed by atoms with E-state index in [1.165, 1.54) is 0 Å². The minimum absolute atomic E-state index is 0.166. The van der Waals surface area contributed by atoms with E-state index < -0.39 is 5.97 Å². The minimum atomic E-state index is -0.411. The van der Waals surface area contributed by atoms with Crippen molar-refractivity contribution in [3.05, 3.63) is 89.7 Å². The molecule has 0 spiro atoms. The summed E-state index contributed by atoms with van der Waals surface area (Å²) in [4.78, 5) is 19.5. The van der Waals surface area contributed by atoms with Crippen LogP contribution in [0.25, 0.3) is 22.2 Å². The van der Waals surface area contributed by atoms with Crippen LogP contribution in [0.3, 0.4) is 0 Å². The van der Waals surface area contributed by atoms with Crippen LogP contribution in [0.15, 0.2) is 73.1 Å². The van der Waals surface area contributed by atoms with Gasteiger partial charge in [0.2, 0.25) is 0 Å². The van der Waals surface area contributed by atoms with Crippen molar-refractivity contribution in [3.8, 4) is 17.2 Å². The summed E-state index contributed by atoms with van der Waals surface area (Å²) in [7, 11) is 0. The normalized spacial score (nSPS) is 10.5. The molecule has 0 unspecified atom stereocenters. The lowest BCUT2D eigenvalue weighted by atomic mass is 9.99. The van der Waals surface area contributed by atoms with Gasteiger partial charge in [-0.05, 0) is 34.9 Å². The first-order valence-corrected chi connectivity index (χ1v) is 8.44. The van der Waals surface area contributed by atoms with E-state index in [0.717, 1.165) is 22.2 Å². The maximum Gasteiger partial charge on any atom is 0.340 e. The zero-order chi connectivity index (χ0) is 18.6. The van der Waals surface area contributed by atoms with Crippen LogP contribution >= 0.6 is 0 Å². The number of hydrogen-bond donors (Lipinski definition) is 1. The van der Waals surface area contributed by atoms with Crippen molar-refractivity contribution in [1.82, 2.24) is 9.97 Å². The molecule has 0 aliphatic carbocycles. The molecule has 0 aliphatic heterocycles. The van der Waals surface area contributed by atoms with E-state index in [2.05, 4.69) is 16.0 Å². The Balaban J connectivity index is 1.49. The molecule has 0 fully saturated rings. The van der Waals surface area contributed by atoms with Gasteiger partial charge >= 0.3 is 5.97 Å². The molecule has 3 aromatic carbocycles. The SMILES string of the molecule is N#Cc1ccccc1-c1ccc(COC(=O)c2cccc3[nH]cnc23)cc1. The highest BCUT2D eigenvalue weighted by Crippen LogP contribution is 2.24. The first kappa shape index (κ1) is 16.6. The highest BCUT2D eigenvalue weighted by Gasteiger charge is 2.13. The number of aromatic amines is 1. The van der Waals surface area contributed by atoms with E-state index in [4.69, 9.17) is 4.74 Å². The number of nitrogens with one attached hydrogen (secondary N) is 1. The second kappa shape index (κ2) is 7.14. The molecule has 1 heterocycles. The quantitative estimate of drug-likeness (QED) is 0.550. The molecule has 0 saturated heterocycles. The Morgan fingerprint density at radius 1 is 1.04 bits per heavy atom. The van der Waals surface area contributed by atoms with Gasteiger partial charge in [0.05, 0.1) is 29.0 Å². The van der Waals surface area contributed by atoms with Gasteiger partial charge in [0, 0.05) is 0 Å². The van der Waals surface area contributed by atoms with Gasteiger partial charge in [-0.3, -0.25) is 0 Å². The third kappa shape index (κ3) is 3.29. The van der Waals surface area contributed by atoms with Crippen LogP contribution in [0.1, 0.15) is 21.5 Å². The summed E-state index contributed by atoms with van der Waals surface area (Å²) >= 11 is 0. The number of hydrogen-bond acceptors (Lipinski definition) is 4. The number of aromatic nitrogens is 2. The monoisotopic (exact) mass is 353 g/mol. The van der Waals surface area contributed by atoms with Gasteiger partial charge in [0.15, 0.2) is 0 Å². The topological polar surface area (TPSA) is 78.8 Å². The maximum absolute atomic E-state index is 12.4. The second-order valence-corrected chi connectivity index (χ2v) is 6.03. The molecule has 4 rings (SSSR count). The summed E-state index contributed by atoms with van der Waals surface area (Å²) < 4.78 is 5.44. The summed E-state index contributed by atoms with van der Waals surface area (Å²) in [6.45, 7) is 0.166. The Labute approximate surface area is 155 Å². The summed E-state index contributed by atoms with van der Waals surface area (Å²) in [5.74, 6) is -0.411. The number of H-pyrrole nitrogens is 1. The lowest BCUT2D eigenvalue weighted by Crippen LogP contribution is -2.06. The number of benzene rings is 3. The molecule has 4 aromatic rings. The molecule has 0 amide bonds. The van der Waals surface area contributed by atoms with E-state index in [0.29, 0.717) is 16.6 Å². The van der Waals surface area contributed by atoms with Crippen LogP contribution in [-0.2, 0) is 11.3 Å². The van der Waals surface area contributed by atoms with E-state index in [-0.39, 0.29) is 6.61 Å². The van der Waals surface area contributed by atoms with Crippen LogP contribution in [0.5, 0.6) is 0 Å². The Morgan fingerprint density at radius 3 is 2.67 bits per heavy atom. The van der Waals surface area contributed by atoms with Crippen LogP contribution in [-0.4, -0.2) is 15.9 Å². The predicted molar refractivity (Wildman–Crippen MR) is 102 cm³/mol. The Bertz CT molecular complexity index is 1150. The van der Waals surface area contributed by atoms with Gasteiger partial charge in [0.25, 0.3) is 0 Å². The van der Waals surface area contributed by atoms with Crippen molar-refractivity contribution in [2.45, 2.75) is 6.61 Å². The number of carbonyl (C=O) groups is 1. The van der Waals surface area contributed by atoms with E-state index >= 15 is 0 Å². The number of carbonyl (C=O) groups excluding carboxylic acids is 1. The van der Waals surface area contributed by atoms with Crippen molar-refractivity contribution in [3.63, 3.8) is 0 Å². The summed E-state index contributed by atoms with van der Waals surface area (Å²) in [6, 6.07) is 22.6. The van der Waals surface area contributed by atoms with Gasteiger partial charge in [-0.1, -0.05) is 48.5 Å². The number of nitrogens with zero attached hydrogens (tertiary/aromatic N) is 2. The number of rotatable bonds is 4. The molecular formula is C22H15N3O2. The van der Waals surface area contributed by atoms with E-state index in [9.17, 15) is 10.1 Å². The average molecular weight is 353 g/mol. The van der Waals surface area contributed by atoms with Crippen molar-refractivity contribution in [2.75, 3.05) is 0 Å². The Hall–Kier alpha value is -3.91. The fourth-order valence-electron chi connectivity index (χ4n) is 2.97. The van der Waals surface area contributed by atoms with Crippen molar-refractivity contribution < 1.29 is 9.53 Å². The number of fused-ring (bicyclic) bond motifs is 1. The highest BCUT2D eigenvalue weighted by atomic mass is 16.5. The van der Waals surface area contributed by atoms with E-state index in [1.807, 2.05) is 48.5 Å². The number of imidazole rings is 1. The lowest BCUT2D eigenvalue weighted by Gasteiger charge is -2.08. The van der Waals surface area contributed by atoms with Crippen LogP contribution < -0.4 is 0 Å². The zero-order valence-corrected chi connectivity index (χ0v) is 14.3. The largest absolute Gasteiger partial charge is 0.457 e. The molecule has 0 radical (unpaired) electrons. The first-order chi connectivity index (χ1) is 13.3. The predicted octanol–water partition coefficient (Wildman–Crippen LogP) is 4.46. The van der Waals surface area contributed by atoms with Crippen molar-refractivity contribution >= 4 is 17.0 Å². The Kier molecular flexibility index (Phi) is 4.38. The number of nitriles is 1. The summed E-state index contributed by atoms with van der Waals surface area (Å²) in [5, 5.41) is 9.23. The molecule has 27 heavy (non-hydrogen) atoms. The standard InChI is InChI=1S/C22H15N3O2/c23-12-17-4-1-2-5-18(17)16-10-8-15(9-11-16)13-27-22(26)19-6-3-7-20-21(19)25-14-24-20/h1-11,14H,13H2,(H,24,25). The fraction of sp³-hybridized carbons (Fsp3) is 0.0455. The van der Waals surface area contributed by atoms with Crippen LogP contribution in [0.4, 0.5) is 0 Å². The third-order valence-electron chi connectivity index (χ3n) is 4.35. The summed E-state index contributed by atoms with van der Waals surface area (Å²) in [5.41, 5.74) is 5.17. The number of esters is 1. The molecule has 0 bridgehead atoms. The molecule has 5 heteroatoms. The molecular weight excluding hydrogens is 338 g/mol. The molecule has 130 valence electrons. The second-order valence-electron chi connectivity index (χ2n) is 6.03. The lowest BCUT2D eigenvalue weighted by molar-refractivity contribution is 0.0475. The highest BCUT2D eigenvalue weighted by molar-refractivity contribution is 6.01. The Morgan fingerprint density at radius 2 is 1.85 bits per heavy atom. The number of para-hydroxylation sites is 1. The first-order valence-electron chi connectivity index (χ1n) is 8.44. The van der Waals surface area contributed by atoms with Crippen molar-refractivity contribution in [1.29, 1.82) is 5.26 Å². The molecule has 0 aliphatic rings. The fourth-order valence-corrected chi connectivity index (χ4v) is 2.97. The smallest absolute Gasteiger partial charge is 0.340 e. The maximum atomic E-state index is 12.4. The van der Waals surface area contributed by atoms with Crippen molar-refractivity contribution in [2.24, 2.45) is 0 Å². The average Bonchev–Trinajstić information content (AvgIpc) is 3.21. The van der Waals surface area contributed by atoms with Crippen LogP contribution in [0, 0.1) is 11.3 Å². The van der Waals surface area contributed by atoms with Gasteiger partial charge < -0.3 is 9.72 Å². The minimum Gasteiger partial charge on any atom is -0.457 e. The van der Waals surface area contributed by atoms with Gasteiger partial charge in [-0.15, -0.1) is 0 Å². The van der Waals surface area contributed by atoms with Gasteiger partial charge in [-0.2, -0.15) is 5.26 Å². The molecule has 0 atom stereocenters. The van der Waals surface area contributed by atoms with Crippen LogP contribution in [0.2, 0.25) is 0 Å². The molecule has 5 nitrogen and oxygen atoms in total. The summed E-state index contributed by atoms with van der Waals surface area (Å²) in [6.07, 6.45) is 1.55. The number of ether oxygens (including phenoxy) is 1. The van der Waals surface area contributed by atoms with Gasteiger partial charge in [0.1, 0.15) is 12.1 Å². The zero-order valence-electron chi connectivity index (χ0n) is 14.3. The van der Waals surface area contributed by atoms with E-state index in [1.54, 1.807) is 24.5 Å². The molecule has 1 N–H and O–H groups in total. The van der Waals surface area contributed by atoms with Gasteiger partial charge in [-0.25, -0.2) is 9.78 Å². The molecule has 0 saturated carbocycles.